The molecule has 1 saturated heterocycles. The molecule has 0 aromatic heterocycles. The quantitative estimate of drug-likeness (QED) is 0.713. The molecule has 0 spiro atoms. The Morgan fingerprint density at radius 2 is 2.00 bits per heavy atom. The summed E-state index contributed by atoms with van der Waals surface area (Å²) in [6.07, 6.45) is 2.60. The fourth-order valence-electron chi connectivity index (χ4n) is 2.03. The minimum absolute atomic E-state index is 0.0996. The molecule has 0 bridgehead atoms. The van der Waals surface area contributed by atoms with E-state index in [4.69, 9.17) is 14.6 Å². The average molecular weight is 259 g/mol. The fraction of sp³-hybridized carbons (Fsp3) is 0.923. The standard InChI is InChI=1S/C13H25NO4/c1-11(2)17-10-8-14-6-3-12(4-7-14)18-9-5-13(15)16/h11-12H,3-10H2,1-2H3,(H,15,16). The minimum Gasteiger partial charge on any atom is -0.481 e. The molecule has 0 atom stereocenters. The minimum atomic E-state index is -0.793. The Morgan fingerprint density at radius 3 is 2.56 bits per heavy atom. The summed E-state index contributed by atoms with van der Waals surface area (Å²) in [5.74, 6) is -0.793. The Hall–Kier alpha value is -0.650. The number of piperidine rings is 1. The van der Waals surface area contributed by atoms with E-state index in [1.807, 2.05) is 13.8 Å². The molecule has 0 unspecified atom stereocenters. The third-order valence-electron chi connectivity index (χ3n) is 3.06. The van der Waals surface area contributed by atoms with Crippen LogP contribution in [0, 0.1) is 0 Å². The predicted molar refractivity (Wildman–Crippen MR) is 68.8 cm³/mol. The molecule has 1 aliphatic heterocycles. The molecule has 0 amide bonds. The van der Waals surface area contributed by atoms with Crippen LogP contribution in [-0.4, -0.2) is 61.0 Å². The van der Waals surface area contributed by atoms with E-state index in [2.05, 4.69) is 4.90 Å². The van der Waals surface area contributed by atoms with Gasteiger partial charge in [0.2, 0.25) is 0 Å². The molecule has 5 heteroatoms. The molecule has 0 radical (unpaired) electrons. The lowest BCUT2D eigenvalue weighted by molar-refractivity contribution is -0.138. The number of hydrogen-bond donors (Lipinski definition) is 1. The molecule has 0 aromatic carbocycles. The summed E-state index contributed by atoms with van der Waals surface area (Å²) in [6.45, 7) is 8.20. The van der Waals surface area contributed by atoms with Gasteiger partial charge >= 0.3 is 5.97 Å². The fourth-order valence-corrected chi connectivity index (χ4v) is 2.03. The van der Waals surface area contributed by atoms with Crippen LogP contribution < -0.4 is 0 Å². The van der Waals surface area contributed by atoms with E-state index in [1.54, 1.807) is 0 Å². The van der Waals surface area contributed by atoms with Crippen LogP contribution in [0.5, 0.6) is 0 Å². The van der Waals surface area contributed by atoms with E-state index in [0.29, 0.717) is 12.7 Å². The van der Waals surface area contributed by atoms with E-state index in [9.17, 15) is 4.79 Å². The number of hydrogen-bond acceptors (Lipinski definition) is 4. The summed E-state index contributed by atoms with van der Waals surface area (Å²) in [5, 5.41) is 8.52. The Kier molecular flexibility index (Phi) is 7.23. The van der Waals surface area contributed by atoms with Gasteiger partial charge in [0.1, 0.15) is 0 Å². The van der Waals surface area contributed by atoms with Gasteiger partial charge in [-0.05, 0) is 26.7 Å². The third-order valence-corrected chi connectivity index (χ3v) is 3.06. The molecule has 0 aliphatic carbocycles. The number of likely N-dealkylation sites (tertiary alicyclic amines) is 1. The van der Waals surface area contributed by atoms with Gasteiger partial charge in [0.25, 0.3) is 0 Å². The van der Waals surface area contributed by atoms with Crippen LogP contribution in [0.3, 0.4) is 0 Å². The van der Waals surface area contributed by atoms with Crippen molar-refractivity contribution in [2.75, 3.05) is 32.8 Å². The zero-order valence-electron chi connectivity index (χ0n) is 11.4. The summed E-state index contributed by atoms with van der Waals surface area (Å²) in [5.41, 5.74) is 0. The Morgan fingerprint density at radius 1 is 1.33 bits per heavy atom. The lowest BCUT2D eigenvalue weighted by Crippen LogP contribution is -2.39. The lowest BCUT2D eigenvalue weighted by Gasteiger charge is -2.31. The summed E-state index contributed by atoms with van der Waals surface area (Å²) in [4.78, 5) is 12.7. The van der Waals surface area contributed by atoms with Crippen molar-refractivity contribution in [1.29, 1.82) is 0 Å². The van der Waals surface area contributed by atoms with Crippen molar-refractivity contribution in [1.82, 2.24) is 4.90 Å². The maximum atomic E-state index is 10.4. The van der Waals surface area contributed by atoms with Crippen molar-refractivity contribution in [3.05, 3.63) is 0 Å². The highest BCUT2D eigenvalue weighted by molar-refractivity contribution is 5.66. The van der Waals surface area contributed by atoms with Crippen molar-refractivity contribution in [2.45, 2.75) is 45.3 Å². The molecule has 0 aromatic rings. The lowest BCUT2D eigenvalue weighted by atomic mass is 10.1. The highest BCUT2D eigenvalue weighted by Gasteiger charge is 2.19. The molecule has 18 heavy (non-hydrogen) atoms. The van der Waals surface area contributed by atoms with Gasteiger partial charge in [-0.3, -0.25) is 4.79 Å². The maximum Gasteiger partial charge on any atom is 0.305 e. The second kappa shape index (κ2) is 8.45. The van der Waals surface area contributed by atoms with Crippen LogP contribution in [0.25, 0.3) is 0 Å². The van der Waals surface area contributed by atoms with Gasteiger partial charge in [-0.25, -0.2) is 0 Å². The van der Waals surface area contributed by atoms with E-state index in [1.165, 1.54) is 0 Å². The Bertz CT molecular complexity index is 237. The first-order chi connectivity index (χ1) is 8.58. The maximum absolute atomic E-state index is 10.4. The van der Waals surface area contributed by atoms with Crippen molar-refractivity contribution in [3.8, 4) is 0 Å². The number of carbonyl (C=O) groups is 1. The van der Waals surface area contributed by atoms with Crippen molar-refractivity contribution >= 4 is 5.97 Å². The zero-order valence-corrected chi connectivity index (χ0v) is 11.4. The normalized spacial score (nSPS) is 18.4. The zero-order chi connectivity index (χ0) is 13.4. The monoisotopic (exact) mass is 259 g/mol. The largest absolute Gasteiger partial charge is 0.481 e. The molecule has 5 nitrogen and oxygen atoms in total. The second-order valence-corrected chi connectivity index (χ2v) is 4.98. The van der Waals surface area contributed by atoms with Gasteiger partial charge in [-0.1, -0.05) is 0 Å². The predicted octanol–water partition coefficient (Wildman–Crippen LogP) is 1.37. The van der Waals surface area contributed by atoms with Crippen LogP contribution in [0.1, 0.15) is 33.1 Å². The smallest absolute Gasteiger partial charge is 0.305 e. The van der Waals surface area contributed by atoms with Gasteiger partial charge in [0.05, 0.1) is 31.8 Å². The first kappa shape index (κ1) is 15.4. The van der Waals surface area contributed by atoms with Gasteiger partial charge in [-0.2, -0.15) is 0 Å². The third kappa shape index (κ3) is 6.93. The number of carboxylic acid groups (broad SMARTS) is 1. The van der Waals surface area contributed by atoms with Crippen LogP contribution in [0.2, 0.25) is 0 Å². The highest BCUT2D eigenvalue weighted by Crippen LogP contribution is 2.13. The summed E-state index contributed by atoms with van der Waals surface area (Å²) >= 11 is 0. The van der Waals surface area contributed by atoms with Crippen LogP contribution in [-0.2, 0) is 14.3 Å². The van der Waals surface area contributed by atoms with Gasteiger partial charge < -0.3 is 19.5 Å². The molecule has 106 valence electrons. The van der Waals surface area contributed by atoms with E-state index in [0.717, 1.165) is 39.1 Å². The van der Waals surface area contributed by atoms with E-state index < -0.39 is 5.97 Å². The number of aliphatic carboxylic acids is 1. The van der Waals surface area contributed by atoms with Gasteiger partial charge in [-0.15, -0.1) is 0 Å². The molecule has 1 rings (SSSR count). The van der Waals surface area contributed by atoms with Crippen LogP contribution in [0.15, 0.2) is 0 Å². The number of nitrogens with zero attached hydrogens (tertiary/aromatic N) is 1. The molecule has 1 aliphatic rings. The SMILES string of the molecule is CC(C)OCCN1CCC(OCCC(=O)O)CC1. The summed E-state index contributed by atoms with van der Waals surface area (Å²) in [6, 6.07) is 0. The van der Waals surface area contributed by atoms with Crippen molar-refractivity contribution < 1.29 is 19.4 Å². The molecule has 1 N–H and O–H groups in total. The number of rotatable bonds is 8. The number of ether oxygens (including phenoxy) is 2. The van der Waals surface area contributed by atoms with Crippen molar-refractivity contribution in [2.24, 2.45) is 0 Å². The number of carboxylic acids is 1. The topological polar surface area (TPSA) is 59.0 Å². The average Bonchev–Trinajstić information content (AvgIpc) is 2.30. The van der Waals surface area contributed by atoms with E-state index in [-0.39, 0.29) is 12.5 Å². The summed E-state index contributed by atoms with van der Waals surface area (Å²) in [7, 11) is 0. The van der Waals surface area contributed by atoms with Gasteiger partial charge in [0, 0.05) is 19.6 Å². The first-order valence-electron chi connectivity index (χ1n) is 6.75. The highest BCUT2D eigenvalue weighted by atomic mass is 16.5. The second-order valence-electron chi connectivity index (χ2n) is 4.98. The molecular weight excluding hydrogens is 234 g/mol. The Balaban J connectivity index is 2.03. The first-order valence-corrected chi connectivity index (χ1v) is 6.75. The van der Waals surface area contributed by atoms with Crippen LogP contribution in [0.4, 0.5) is 0 Å². The molecule has 1 fully saturated rings. The van der Waals surface area contributed by atoms with Crippen molar-refractivity contribution in [3.63, 3.8) is 0 Å². The molecule has 0 saturated carbocycles. The van der Waals surface area contributed by atoms with Crippen LogP contribution >= 0.6 is 0 Å². The molecular formula is C13H25NO4. The van der Waals surface area contributed by atoms with E-state index >= 15 is 0 Å². The van der Waals surface area contributed by atoms with Gasteiger partial charge in [0.15, 0.2) is 0 Å². The molecule has 1 heterocycles. The Labute approximate surface area is 109 Å². The summed E-state index contributed by atoms with van der Waals surface area (Å²) < 4.78 is 11.1.